The maximum Gasteiger partial charge on any atom is 0.0125 e. The van der Waals surface area contributed by atoms with E-state index < -0.39 is 0 Å². The second-order valence-corrected chi connectivity index (χ2v) is 8.16. The zero-order chi connectivity index (χ0) is 17.2. The molecule has 1 N–H and O–H groups in total. The van der Waals surface area contributed by atoms with Crippen molar-refractivity contribution in [3.8, 4) is 0 Å². The maximum absolute atomic E-state index is 3.70. The lowest BCUT2D eigenvalue weighted by molar-refractivity contribution is 0.354. The summed E-state index contributed by atoms with van der Waals surface area (Å²) in [5.74, 6) is 0. The molecule has 0 bridgehead atoms. The van der Waals surface area contributed by atoms with Crippen LogP contribution in [0.15, 0.2) is 0 Å². The van der Waals surface area contributed by atoms with Crippen LogP contribution in [0.1, 0.15) is 130 Å². The third-order valence-corrected chi connectivity index (χ3v) is 5.01. The smallest absolute Gasteiger partial charge is 0.0125 e. The molecule has 23 heavy (non-hydrogen) atoms. The van der Waals surface area contributed by atoms with Gasteiger partial charge in [-0.25, -0.2) is 0 Å². The van der Waals surface area contributed by atoms with E-state index in [1.165, 1.54) is 109 Å². The molecule has 1 heteroatoms. The highest BCUT2D eigenvalue weighted by Crippen LogP contribution is 2.13. The van der Waals surface area contributed by atoms with Gasteiger partial charge in [0.1, 0.15) is 0 Å². The molecule has 0 aromatic heterocycles. The Morgan fingerprint density at radius 1 is 0.522 bits per heavy atom. The Labute approximate surface area is 148 Å². The highest BCUT2D eigenvalue weighted by atomic mass is 14.9. The molecule has 0 aliphatic carbocycles. The normalized spacial score (nSPS) is 12.0. The van der Waals surface area contributed by atoms with E-state index >= 15 is 0 Å². The van der Waals surface area contributed by atoms with E-state index in [0.29, 0.717) is 5.54 Å². The van der Waals surface area contributed by atoms with Crippen LogP contribution in [-0.2, 0) is 0 Å². The molecule has 0 heterocycles. The van der Waals surface area contributed by atoms with Crippen molar-refractivity contribution < 1.29 is 0 Å². The van der Waals surface area contributed by atoms with Crippen LogP contribution >= 0.6 is 0 Å². The molecule has 0 aliphatic rings. The number of hydrogen-bond acceptors (Lipinski definition) is 1. The average Bonchev–Trinajstić information content (AvgIpc) is 2.51. The summed E-state index contributed by atoms with van der Waals surface area (Å²) in [6.07, 6.45) is 22.8. The van der Waals surface area contributed by atoms with E-state index in [1.54, 1.807) is 0 Å². The molecular weight excluding hydrogens is 278 g/mol. The Balaban J connectivity index is 3.11. The van der Waals surface area contributed by atoms with Crippen LogP contribution in [0, 0.1) is 0 Å². The monoisotopic (exact) mass is 325 g/mol. The van der Waals surface area contributed by atoms with Crippen molar-refractivity contribution in [2.24, 2.45) is 0 Å². The van der Waals surface area contributed by atoms with Crippen LogP contribution in [0.25, 0.3) is 0 Å². The van der Waals surface area contributed by atoms with Gasteiger partial charge >= 0.3 is 0 Å². The van der Waals surface area contributed by atoms with E-state index in [0.717, 1.165) is 0 Å². The third-order valence-electron chi connectivity index (χ3n) is 5.01. The number of hydrogen-bond donors (Lipinski definition) is 1. The van der Waals surface area contributed by atoms with Gasteiger partial charge in [-0.2, -0.15) is 0 Å². The standard InChI is InChI=1S/C22H47N/c1-5-7-8-9-10-11-12-13-14-15-16-17-18-19-21-23-22(3,4)20-6-2/h23H,5-21H2,1-4H3. The summed E-state index contributed by atoms with van der Waals surface area (Å²) in [5, 5.41) is 3.70. The highest BCUT2D eigenvalue weighted by Gasteiger charge is 2.14. The van der Waals surface area contributed by atoms with Crippen molar-refractivity contribution in [2.45, 2.75) is 136 Å². The fraction of sp³-hybridized carbons (Fsp3) is 1.00. The molecule has 0 radical (unpaired) electrons. The quantitative estimate of drug-likeness (QED) is 0.255. The van der Waals surface area contributed by atoms with Gasteiger partial charge in [0.05, 0.1) is 0 Å². The van der Waals surface area contributed by atoms with Gasteiger partial charge in [-0.05, 0) is 33.2 Å². The van der Waals surface area contributed by atoms with E-state index in [2.05, 4.69) is 33.0 Å². The van der Waals surface area contributed by atoms with Gasteiger partial charge in [0.2, 0.25) is 0 Å². The lowest BCUT2D eigenvalue weighted by Crippen LogP contribution is -2.39. The summed E-state index contributed by atoms with van der Waals surface area (Å²) >= 11 is 0. The van der Waals surface area contributed by atoms with Gasteiger partial charge in [0, 0.05) is 5.54 Å². The summed E-state index contributed by atoms with van der Waals surface area (Å²) in [6, 6.07) is 0. The van der Waals surface area contributed by atoms with Crippen LogP contribution in [0.4, 0.5) is 0 Å². The number of unbranched alkanes of at least 4 members (excludes halogenated alkanes) is 13. The minimum absolute atomic E-state index is 0.339. The Hall–Kier alpha value is -0.0400. The van der Waals surface area contributed by atoms with Gasteiger partial charge in [-0.3, -0.25) is 0 Å². The van der Waals surface area contributed by atoms with Crippen molar-refractivity contribution in [1.82, 2.24) is 5.32 Å². The minimum Gasteiger partial charge on any atom is -0.312 e. The number of rotatable bonds is 18. The first-order valence-corrected chi connectivity index (χ1v) is 10.9. The topological polar surface area (TPSA) is 12.0 Å². The molecule has 0 rings (SSSR count). The fourth-order valence-electron chi connectivity index (χ4n) is 3.46. The molecule has 140 valence electrons. The maximum atomic E-state index is 3.70. The number of nitrogens with one attached hydrogen (secondary N) is 1. The zero-order valence-corrected chi connectivity index (χ0v) is 17.0. The summed E-state index contributed by atoms with van der Waals surface area (Å²) in [5.41, 5.74) is 0.339. The largest absolute Gasteiger partial charge is 0.312 e. The van der Waals surface area contributed by atoms with Crippen molar-refractivity contribution >= 4 is 0 Å². The van der Waals surface area contributed by atoms with E-state index in [4.69, 9.17) is 0 Å². The molecule has 0 unspecified atom stereocenters. The predicted octanol–water partition coefficient (Wildman–Crippen LogP) is 7.64. The molecule has 0 fully saturated rings. The first-order chi connectivity index (χ1) is 11.1. The van der Waals surface area contributed by atoms with Crippen LogP contribution in [0.5, 0.6) is 0 Å². The molecule has 0 saturated carbocycles. The summed E-state index contributed by atoms with van der Waals surface area (Å²) < 4.78 is 0. The van der Waals surface area contributed by atoms with Crippen molar-refractivity contribution in [3.05, 3.63) is 0 Å². The molecule has 0 aliphatic heterocycles. The zero-order valence-electron chi connectivity index (χ0n) is 17.0. The summed E-state index contributed by atoms with van der Waals surface area (Å²) in [7, 11) is 0. The van der Waals surface area contributed by atoms with Crippen LogP contribution in [0.2, 0.25) is 0 Å². The molecule has 0 atom stereocenters. The first kappa shape index (κ1) is 23.0. The average molecular weight is 326 g/mol. The Bertz CT molecular complexity index is 222. The first-order valence-electron chi connectivity index (χ1n) is 10.9. The Morgan fingerprint density at radius 3 is 1.30 bits per heavy atom. The second-order valence-electron chi connectivity index (χ2n) is 8.16. The molecule has 1 nitrogen and oxygen atoms in total. The SMILES string of the molecule is CCCCCCCCCCCCCCCCNC(C)(C)CCC. The van der Waals surface area contributed by atoms with Crippen molar-refractivity contribution in [1.29, 1.82) is 0 Å². The lowest BCUT2D eigenvalue weighted by atomic mass is 9.98. The van der Waals surface area contributed by atoms with E-state index in [9.17, 15) is 0 Å². The van der Waals surface area contributed by atoms with Gasteiger partial charge in [-0.1, -0.05) is 104 Å². The van der Waals surface area contributed by atoms with Gasteiger partial charge in [-0.15, -0.1) is 0 Å². The molecule has 0 aromatic carbocycles. The molecular formula is C22H47N. The second kappa shape index (κ2) is 16.8. The summed E-state index contributed by atoms with van der Waals surface area (Å²) in [4.78, 5) is 0. The highest BCUT2D eigenvalue weighted by molar-refractivity contribution is 4.76. The van der Waals surface area contributed by atoms with Gasteiger partial charge < -0.3 is 5.32 Å². The fourth-order valence-corrected chi connectivity index (χ4v) is 3.46. The molecule has 0 spiro atoms. The molecule has 0 aromatic rings. The third kappa shape index (κ3) is 18.1. The predicted molar refractivity (Wildman–Crippen MR) is 107 cm³/mol. The lowest BCUT2D eigenvalue weighted by Gasteiger charge is -2.25. The Morgan fingerprint density at radius 2 is 0.913 bits per heavy atom. The minimum atomic E-state index is 0.339. The summed E-state index contributed by atoms with van der Waals surface area (Å²) in [6.45, 7) is 10.4. The van der Waals surface area contributed by atoms with E-state index in [-0.39, 0.29) is 0 Å². The molecule has 0 amide bonds. The van der Waals surface area contributed by atoms with E-state index in [1.807, 2.05) is 0 Å². The Kier molecular flexibility index (Phi) is 16.8. The van der Waals surface area contributed by atoms with Crippen LogP contribution < -0.4 is 5.32 Å². The van der Waals surface area contributed by atoms with Gasteiger partial charge in [0.25, 0.3) is 0 Å². The van der Waals surface area contributed by atoms with Crippen LogP contribution in [-0.4, -0.2) is 12.1 Å². The van der Waals surface area contributed by atoms with Gasteiger partial charge in [0.15, 0.2) is 0 Å². The van der Waals surface area contributed by atoms with Crippen molar-refractivity contribution in [3.63, 3.8) is 0 Å². The van der Waals surface area contributed by atoms with Crippen molar-refractivity contribution in [2.75, 3.05) is 6.54 Å². The molecule has 0 saturated heterocycles. The van der Waals surface area contributed by atoms with Crippen LogP contribution in [0.3, 0.4) is 0 Å².